The van der Waals surface area contributed by atoms with Gasteiger partial charge < -0.3 is 11.1 Å². The van der Waals surface area contributed by atoms with Crippen molar-refractivity contribution >= 4 is 11.7 Å². The SMILES string of the molecule is Cc1ccnc(NC(=O)C(N)c2ccccc2)c1. The predicted molar refractivity (Wildman–Crippen MR) is 71.0 cm³/mol. The fourth-order valence-corrected chi connectivity index (χ4v) is 1.62. The maximum Gasteiger partial charge on any atom is 0.247 e. The lowest BCUT2D eigenvalue weighted by Gasteiger charge is -2.12. The fraction of sp³-hybridized carbons (Fsp3) is 0.143. The third-order valence-electron chi connectivity index (χ3n) is 2.61. The van der Waals surface area contributed by atoms with Crippen LogP contribution in [0, 0.1) is 6.92 Å². The van der Waals surface area contributed by atoms with Gasteiger partial charge in [0.2, 0.25) is 5.91 Å². The molecular weight excluding hydrogens is 226 g/mol. The predicted octanol–water partition coefficient (Wildman–Crippen LogP) is 2.03. The Labute approximate surface area is 106 Å². The van der Waals surface area contributed by atoms with Crippen LogP contribution in [-0.4, -0.2) is 10.9 Å². The van der Waals surface area contributed by atoms with E-state index in [4.69, 9.17) is 5.73 Å². The molecule has 1 heterocycles. The highest BCUT2D eigenvalue weighted by Gasteiger charge is 2.15. The number of anilines is 1. The van der Waals surface area contributed by atoms with E-state index in [-0.39, 0.29) is 5.91 Å². The van der Waals surface area contributed by atoms with Crippen LogP contribution in [0.25, 0.3) is 0 Å². The molecule has 0 bridgehead atoms. The van der Waals surface area contributed by atoms with E-state index < -0.39 is 6.04 Å². The van der Waals surface area contributed by atoms with Gasteiger partial charge in [0.15, 0.2) is 0 Å². The minimum Gasteiger partial charge on any atom is -0.316 e. The summed E-state index contributed by atoms with van der Waals surface area (Å²) in [6, 6.07) is 12.2. The van der Waals surface area contributed by atoms with Crippen LogP contribution < -0.4 is 11.1 Å². The summed E-state index contributed by atoms with van der Waals surface area (Å²) in [6.45, 7) is 1.94. The number of pyridine rings is 1. The summed E-state index contributed by atoms with van der Waals surface area (Å²) in [6.07, 6.45) is 1.65. The fourth-order valence-electron chi connectivity index (χ4n) is 1.62. The standard InChI is InChI=1S/C14H15N3O/c1-10-7-8-16-12(9-10)17-14(18)13(15)11-5-3-2-4-6-11/h2-9,13H,15H2,1H3,(H,16,17,18). The van der Waals surface area contributed by atoms with Crippen LogP contribution in [0.15, 0.2) is 48.7 Å². The molecule has 92 valence electrons. The van der Waals surface area contributed by atoms with Crippen LogP contribution in [0.4, 0.5) is 5.82 Å². The number of aryl methyl sites for hydroxylation is 1. The number of nitrogens with two attached hydrogens (primary N) is 1. The molecule has 1 atom stereocenters. The maximum absolute atomic E-state index is 11.9. The Morgan fingerprint density at radius 2 is 2.00 bits per heavy atom. The topological polar surface area (TPSA) is 68.0 Å². The molecule has 0 saturated heterocycles. The Hall–Kier alpha value is -2.20. The minimum absolute atomic E-state index is 0.265. The largest absolute Gasteiger partial charge is 0.316 e. The van der Waals surface area contributed by atoms with Crippen molar-refractivity contribution in [1.82, 2.24) is 4.98 Å². The zero-order valence-electron chi connectivity index (χ0n) is 10.1. The molecule has 0 radical (unpaired) electrons. The summed E-state index contributed by atoms with van der Waals surface area (Å²) in [5.41, 5.74) is 7.70. The second kappa shape index (κ2) is 5.42. The number of nitrogens with zero attached hydrogens (tertiary/aromatic N) is 1. The molecule has 1 unspecified atom stereocenters. The Morgan fingerprint density at radius 1 is 1.28 bits per heavy atom. The first kappa shape index (κ1) is 12.3. The van der Waals surface area contributed by atoms with Crippen LogP contribution in [0.2, 0.25) is 0 Å². The van der Waals surface area contributed by atoms with E-state index in [2.05, 4.69) is 10.3 Å². The number of amides is 1. The molecule has 0 fully saturated rings. The van der Waals surface area contributed by atoms with Gasteiger partial charge in [-0.15, -0.1) is 0 Å². The number of benzene rings is 1. The van der Waals surface area contributed by atoms with Crippen LogP contribution in [0.3, 0.4) is 0 Å². The van der Waals surface area contributed by atoms with Gasteiger partial charge in [-0.1, -0.05) is 30.3 Å². The van der Waals surface area contributed by atoms with Crippen molar-refractivity contribution in [2.75, 3.05) is 5.32 Å². The summed E-state index contributed by atoms with van der Waals surface area (Å²) >= 11 is 0. The van der Waals surface area contributed by atoms with Gasteiger partial charge in [0.25, 0.3) is 0 Å². The highest BCUT2D eigenvalue weighted by Crippen LogP contribution is 2.12. The highest BCUT2D eigenvalue weighted by molar-refractivity contribution is 5.94. The molecule has 4 nitrogen and oxygen atoms in total. The molecule has 2 rings (SSSR count). The Bertz CT molecular complexity index is 540. The van der Waals surface area contributed by atoms with Gasteiger partial charge >= 0.3 is 0 Å². The average Bonchev–Trinajstić information content (AvgIpc) is 2.39. The lowest BCUT2D eigenvalue weighted by molar-refractivity contribution is -0.117. The zero-order valence-corrected chi connectivity index (χ0v) is 10.1. The van der Waals surface area contributed by atoms with Crippen LogP contribution in [-0.2, 0) is 4.79 Å². The number of hydrogen-bond acceptors (Lipinski definition) is 3. The molecule has 0 saturated carbocycles. The first-order valence-corrected chi connectivity index (χ1v) is 5.71. The molecule has 2 aromatic rings. The van der Waals surface area contributed by atoms with Gasteiger partial charge in [-0.3, -0.25) is 4.79 Å². The molecule has 0 aliphatic carbocycles. The van der Waals surface area contributed by atoms with Crippen molar-refractivity contribution in [2.45, 2.75) is 13.0 Å². The van der Waals surface area contributed by atoms with E-state index in [1.165, 1.54) is 0 Å². The number of hydrogen-bond donors (Lipinski definition) is 2. The smallest absolute Gasteiger partial charge is 0.247 e. The molecule has 0 aliphatic heterocycles. The quantitative estimate of drug-likeness (QED) is 0.864. The molecular formula is C14H15N3O. The van der Waals surface area contributed by atoms with E-state index >= 15 is 0 Å². The number of carbonyl (C=O) groups is 1. The Kier molecular flexibility index (Phi) is 3.69. The van der Waals surface area contributed by atoms with E-state index in [9.17, 15) is 4.79 Å². The summed E-state index contributed by atoms with van der Waals surface area (Å²) < 4.78 is 0. The summed E-state index contributed by atoms with van der Waals surface area (Å²) in [5, 5.41) is 2.71. The maximum atomic E-state index is 11.9. The lowest BCUT2D eigenvalue weighted by atomic mass is 10.1. The van der Waals surface area contributed by atoms with Crippen LogP contribution >= 0.6 is 0 Å². The molecule has 1 aromatic carbocycles. The normalized spacial score (nSPS) is 11.9. The van der Waals surface area contributed by atoms with Crippen molar-refractivity contribution in [1.29, 1.82) is 0 Å². The van der Waals surface area contributed by atoms with Crippen molar-refractivity contribution in [3.8, 4) is 0 Å². The molecule has 4 heteroatoms. The Balaban J connectivity index is 2.09. The first-order valence-electron chi connectivity index (χ1n) is 5.71. The van der Waals surface area contributed by atoms with Crippen LogP contribution in [0.1, 0.15) is 17.2 Å². The number of rotatable bonds is 3. The van der Waals surface area contributed by atoms with Crippen molar-refractivity contribution in [3.63, 3.8) is 0 Å². The van der Waals surface area contributed by atoms with Gasteiger partial charge in [0.1, 0.15) is 11.9 Å². The van der Waals surface area contributed by atoms with Gasteiger partial charge in [-0.25, -0.2) is 4.98 Å². The summed E-state index contributed by atoms with van der Waals surface area (Å²) in [4.78, 5) is 16.0. The van der Waals surface area contributed by atoms with E-state index in [0.717, 1.165) is 11.1 Å². The number of carbonyl (C=O) groups excluding carboxylic acids is 1. The molecule has 1 amide bonds. The second-order valence-corrected chi connectivity index (χ2v) is 4.10. The second-order valence-electron chi connectivity index (χ2n) is 4.10. The van der Waals surface area contributed by atoms with Gasteiger partial charge in [-0.2, -0.15) is 0 Å². The number of aromatic nitrogens is 1. The van der Waals surface area contributed by atoms with Crippen molar-refractivity contribution in [2.24, 2.45) is 5.73 Å². The van der Waals surface area contributed by atoms with E-state index in [0.29, 0.717) is 5.82 Å². The summed E-state index contributed by atoms with van der Waals surface area (Å²) in [7, 11) is 0. The molecule has 1 aromatic heterocycles. The average molecular weight is 241 g/mol. The zero-order chi connectivity index (χ0) is 13.0. The molecule has 18 heavy (non-hydrogen) atoms. The highest BCUT2D eigenvalue weighted by atomic mass is 16.2. The van der Waals surface area contributed by atoms with Crippen molar-refractivity contribution < 1.29 is 4.79 Å². The van der Waals surface area contributed by atoms with Gasteiger partial charge in [0, 0.05) is 6.20 Å². The van der Waals surface area contributed by atoms with E-state index in [1.807, 2.05) is 43.3 Å². The third kappa shape index (κ3) is 2.93. The third-order valence-corrected chi connectivity index (χ3v) is 2.61. The molecule has 0 spiro atoms. The molecule has 3 N–H and O–H groups in total. The lowest BCUT2D eigenvalue weighted by Crippen LogP contribution is -2.28. The minimum atomic E-state index is -0.687. The van der Waals surface area contributed by atoms with Gasteiger partial charge in [0.05, 0.1) is 0 Å². The van der Waals surface area contributed by atoms with Crippen molar-refractivity contribution in [3.05, 3.63) is 59.8 Å². The number of nitrogens with one attached hydrogen (secondary N) is 1. The first-order chi connectivity index (χ1) is 8.66. The Morgan fingerprint density at radius 3 is 2.67 bits per heavy atom. The molecule has 0 aliphatic rings. The van der Waals surface area contributed by atoms with E-state index in [1.54, 1.807) is 12.3 Å². The summed E-state index contributed by atoms with van der Waals surface area (Å²) in [5.74, 6) is 0.255. The monoisotopic (exact) mass is 241 g/mol. The van der Waals surface area contributed by atoms with Gasteiger partial charge in [-0.05, 0) is 30.2 Å². The van der Waals surface area contributed by atoms with Crippen LogP contribution in [0.5, 0.6) is 0 Å².